The summed E-state index contributed by atoms with van der Waals surface area (Å²) in [5, 5.41) is 17.6. The molecular weight excluding hydrogens is 1680 g/mol. The minimum absolute atomic E-state index is 0.0122. The van der Waals surface area contributed by atoms with Crippen molar-refractivity contribution in [3.8, 4) is 23.0 Å². The number of benzene rings is 8. The van der Waals surface area contributed by atoms with Crippen molar-refractivity contribution in [2.45, 2.75) is 116 Å². The van der Waals surface area contributed by atoms with Crippen LogP contribution in [-0.2, 0) is 59.3 Å². The first-order valence-corrected chi connectivity index (χ1v) is 44.9. The van der Waals surface area contributed by atoms with Gasteiger partial charge in [0.25, 0.3) is 0 Å². The van der Waals surface area contributed by atoms with Crippen LogP contribution in [-0.4, -0.2) is 181 Å². The molecule has 0 fully saturated rings. The first-order chi connectivity index (χ1) is 61.5. The fourth-order valence-electron chi connectivity index (χ4n) is 18.4. The molecule has 6 aliphatic heterocycles. The van der Waals surface area contributed by atoms with Crippen LogP contribution in [0.2, 0.25) is 20.1 Å². The second kappa shape index (κ2) is 38.9. The van der Waals surface area contributed by atoms with Crippen LogP contribution in [0.4, 0.5) is 20.3 Å². The summed E-state index contributed by atoms with van der Waals surface area (Å²) in [5.41, 5.74) is 20.0. The number of nitrogens with one attached hydrogen (secondary N) is 4. The molecule has 20 rings (SSSR count). The van der Waals surface area contributed by atoms with E-state index in [1.807, 2.05) is 145 Å². The zero-order valence-electron chi connectivity index (χ0n) is 71.0. The highest BCUT2D eigenvalue weighted by atomic mass is 35.5. The SMILES string of the molecule is CCOC(=O)N1CCc2c([nH]c3ccc(Cl)cc23)C1c1ccc(OCC(O)Cn2ccnc2)cc1.CCOC(=O)N1CCc2c([nH]c3ccc(Cl)cc23)C1c1ccc(OCCCN(CC)CC)cc1.CCOC(=O)N1CCc2c([nH]c3ccc(Cl)cc23)C1c1ccc2c(c1)CCO2.Clc1ccc2[nH]c3c(c2c1)CCN(c1ncccn1)C3c1ccc2c(c1)CCO2. The molecule has 5 atom stereocenters. The molecule has 24 nitrogen and oxygen atoms in total. The van der Waals surface area contributed by atoms with E-state index in [9.17, 15) is 19.5 Å². The molecule has 652 valence electrons. The van der Waals surface area contributed by atoms with E-state index in [1.54, 1.807) is 47.5 Å². The Morgan fingerprint density at radius 2 is 0.873 bits per heavy atom. The second-order valence-corrected chi connectivity index (χ2v) is 33.6. The summed E-state index contributed by atoms with van der Waals surface area (Å²) >= 11 is 25.1. The minimum Gasteiger partial charge on any atom is -0.494 e. The molecule has 6 aliphatic rings. The van der Waals surface area contributed by atoms with Gasteiger partial charge in [0.1, 0.15) is 53.8 Å². The summed E-state index contributed by atoms with van der Waals surface area (Å²) in [7, 11) is 0. The number of H-pyrrole nitrogens is 4. The summed E-state index contributed by atoms with van der Waals surface area (Å²) in [6.07, 6.45) is 13.1. The Bertz CT molecular complexity index is 6200. The smallest absolute Gasteiger partial charge is 0.410 e. The molecule has 5 N–H and O–H groups in total. The summed E-state index contributed by atoms with van der Waals surface area (Å²) in [6.45, 7) is 19.3. The fourth-order valence-corrected chi connectivity index (χ4v) is 19.1. The second-order valence-electron chi connectivity index (χ2n) is 31.9. The number of amides is 3. The number of carbonyl (C=O) groups excluding carboxylic acids is 3. The zero-order chi connectivity index (χ0) is 87.1. The average molecular weight is 1780 g/mol. The number of carbonyl (C=O) groups is 3. The van der Waals surface area contributed by atoms with E-state index in [0.717, 1.165) is 177 Å². The molecule has 28 heteroatoms. The summed E-state index contributed by atoms with van der Waals surface area (Å²) in [6, 6.07) is 53.1. The van der Waals surface area contributed by atoms with Gasteiger partial charge >= 0.3 is 18.3 Å². The van der Waals surface area contributed by atoms with Gasteiger partial charge in [-0.3, -0.25) is 14.7 Å². The number of halogens is 4. The Hall–Kier alpha value is -11.9. The van der Waals surface area contributed by atoms with Gasteiger partial charge in [-0.25, -0.2) is 29.3 Å². The number of hydrogen-bond donors (Lipinski definition) is 5. The third kappa shape index (κ3) is 18.4. The molecule has 0 spiro atoms. The molecule has 3 amide bonds. The molecule has 0 aliphatic carbocycles. The van der Waals surface area contributed by atoms with Gasteiger partial charge in [0.15, 0.2) is 0 Å². The van der Waals surface area contributed by atoms with E-state index < -0.39 is 6.10 Å². The number of imidazole rings is 1. The summed E-state index contributed by atoms with van der Waals surface area (Å²) < 4.78 is 41.1. The van der Waals surface area contributed by atoms with Gasteiger partial charge in [-0.05, 0) is 249 Å². The number of nitrogens with zero attached hydrogens (tertiary/aromatic N) is 9. The number of aromatic nitrogens is 8. The molecule has 0 radical (unpaired) electrons. The molecule has 0 saturated heterocycles. The number of aliphatic hydroxyl groups is 1. The molecule has 8 aromatic carbocycles. The first kappa shape index (κ1) is 86.2. The first-order valence-electron chi connectivity index (χ1n) is 43.4. The number of aliphatic hydroxyl groups excluding tert-OH is 1. The number of hydrogen-bond acceptors (Lipinski definition) is 16. The van der Waals surface area contributed by atoms with Crippen LogP contribution < -0.4 is 23.8 Å². The van der Waals surface area contributed by atoms with Crippen LogP contribution in [0.1, 0.15) is 144 Å². The molecule has 0 bridgehead atoms. The molecule has 12 heterocycles. The van der Waals surface area contributed by atoms with Gasteiger partial charge in [-0.1, -0.05) is 96.6 Å². The molecule has 0 saturated carbocycles. The number of aromatic amines is 4. The number of anilines is 1. The maximum Gasteiger partial charge on any atom is 0.410 e. The Balaban J connectivity index is 0.000000119. The van der Waals surface area contributed by atoms with E-state index in [-0.39, 0.29) is 49.1 Å². The molecule has 126 heavy (non-hydrogen) atoms. The third-order valence-corrected chi connectivity index (χ3v) is 25.3. The van der Waals surface area contributed by atoms with Crippen LogP contribution in [0.15, 0.2) is 195 Å². The normalized spacial score (nSPS) is 16.8. The highest BCUT2D eigenvalue weighted by molar-refractivity contribution is 6.32. The Morgan fingerprint density at radius 1 is 0.476 bits per heavy atom. The van der Waals surface area contributed by atoms with Crippen molar-refractivity contribution in [3.63, 3.8) is 0 Å². The monoisotopic (exact) mass is 1780 g/mol. The van der Waals surface area contributed by atoms with E-state index in [0.29, 0.717) is 86.5 Å². The van der Waals surface area contributed by atoms with E-state index in [2.05, 4.69) is 101 Å². The maximum atomic E-state index is 12.8. The van der Waals surface area contributed by atoms with Gasteiger partial charge in [0.2, 0.25) is 5.95 Å². The lowest BCUT2D eigenvalue weighted by atomic mass is 9.91. The fraction of sp³-hybridized carbons (Fsp3) is 0.327. The van der Waals surface area contributed by atoms with Crippen LogP contribution in [0.25, 0.3) is 43.6 Å². The molecule has 5 unspecified atom stereocenters. The highest BCUT2D eigenvalue weighted by Crippen LogP contribution is 2.47. The average Bonchev–Trinajstić information content (AvgIpc) is 1.61. The number of rotatable bonds is 20. The van der Waals surface area contributed by atoms with Gasteiger partial charge in [0, 0.05) is 157 Å². The topological polar surface area (TPSA) is 259 Å². The quantitative estimate of drug-likeness (QED) is 0.0351. The van der Waals surface area contributed by atoms with E-state index >= 15 is 0 Å². The maximum absolute atomic E-state index is 12.8. The third-order valence-electron chi connectivity index (χ3n) is 24.3. The van der Waals surface area contributed by atoms with Gasteiger partial charge in [-0.15, -0.1) is 0 Å². The molecular formula is C98H101Cl4N13O11. The van der Waals surface area contributed by atoms with Crippen LogP contribution in [0.3, 0.4) is 0 Å². The predicted molar refractivity (Wildman–Crippen MR) is 492 cm³/mol. The highest BCUT2D eigenvalue weighted by Gasteiger charge is 2.41. The lowest BCUT2D eigenvalue weighted by molar-refractivity contribution is 0.0915. The lowest BCUT2D eigenvalue weighted by Gasteiger charge is -2.36. The van der Waals surface area contributed by atoms with Crippen molar-refractivity contribution < 1.29 is 52.6 Å². The van der Waals surface area contributed by atoms with Crippen molar-refractivity contribution in [1.82, 2.24) is 59.1 Å². The summed E-state index contributed by atoms with van der Waals surface area (Å²) in [5.74, 6) is 4.16. The van der Waals surface area contributed by atoms with Crippen molar-refractivity contribution in [1.29, 1.82) is 0 Å². The lowest BCUT2D eigenvalue weighted by Crippen LogP contribution is -2.41. The number of fused-ring (bicyclic) bond motifs is 14. The number of ether oxygens (including phenoxy) is 7. The van der Waals surface area contributed by atoms with Crippen molar-refractivity contribution in [2.75, 3.05) is 97.0 Å². The summed E-state index contributed by atoms with van der Waals surface area (Å²) in [4.78, 5) is 75.9. The molecule has 14 aromatic rings. The van der Waals surface area contributed by atoms with Gasteiger partial charge in [0.05, 0.1) is 58.6 Å². The molecule has 6 aromatic heterocycles. The van der Waals surface area contributed by atoms with Gasteiger partial charge < -0.3 is 72.6 Å². The van der Waals surface area contributed by atoms with E-state index in [1.165, 1.54) is 44.5 Å². The van der Waals surface area contributed by atoms with Crippen LogP contribution in [0.5, 0.6) is 23.0 Å². The van der Waals surface area contributed by atoms with Gasteiger partial charge in [-0.2, -0.15) is 0 Å². The van der Waals surface area contributed by atoms with E-state index in [4.69, 9.17) is 79.6 Å². The largest absolute Gasteiger partial charge is 0.494 e. The Labute approximate surface area is 750 Å². The standard InChI is InChI=1S/C27H34ClN3O3.C26H27ClN4O4.C23H19ClN4O.C22H21ClN2O3/c1-4-30(5-2)15-7-17-34-21-11-8-19(9-12-21)26-25-22(14-16-31(26)27(32)33-6-3)23-18-20(28)10-13-24(23)29-25;1-2-34-26(33)31-11-9-21-22-13-18(27)5-8-23(22)29-24(21)25(31)17-3-6-20(7-4-17)35-15-19(32)14-30-12-10-28-16-30;24-16-3-4-19-18(13-16)17-6-10-28(23-25-8-1-9-26-23)22(21(17)27-19)15-2-5-20-14(12-15)7-11-29-20;1-2-27-22(26)25-9-7-16-17-12-15(23)4-5-18(17)24-20(16)21(25)14-3-6-19-13(11-14)8-10-28-19/h8-13,18,26,29H,4-7,14-17H2,1-3H3;3-8,10,12-13,16,19,25,29,32H,2,9,11,14-15H2,1H3;1-5,8-9,12-13,22,27H,6-7,10-11H2;3-6,11-12,21,24H,2,7-10H2,1H3. The minimum atomic E-state index is -0.665. The van der Waals surface area contributed by atoms with Crippen molar-refractivity contribution in [2.24, 2.45) is 0 Å². The van der Waals surface area contributed by atoms with Crippen molar-refractivity contribution >= 4 is 114 Å². The zero-order valence-corrected chi connectivity index (χ0v) is 74.0. The Kier molecular flexibility index (Phi) is 26.6. The van der Waals surface area contributed by atoms with Crippen molar-refractivity contribution in [3.05, 3.63) is 293 Å². The van der Waals surface area contributed by atoms with Crippen LogP contribution >= 0.6 is 46.4 Å². The predicted octanol–water partition coefficient (Wildman–Crippen LogP) is 20.2. The Morgan fingerprint density at radius 3 is 1.29 bits per heavy atom. The van der Waals surface area contributed by atoms with Crippen LogP contribution in [0, 0.1) is 0 Å².